The number of rotatable bonds is 2. The number of fused-ring (bicyclic) bond motifs is 1. The van der Waals surface area contributed by atoms with Crippen LogP contribution >= 0.6 is 0 Å². The van der Waals surface area contributed by atoms with Crippen LogP contribution in [-0.2, 0) is 4.84 Å². The summed E-state index contributed by atoms with van der Waals surface area (Å²) in [5.74, 6) is 1.03. The summed E-state index contributed by atoms with van der Waals surface area (Å²) in [7, 11) is 1.79. The Kier molecular flexibility index (Phi) is 3.40. The van der Waals surface area contributed by atoms with E-state index in [9.17, 15) is 4.79 Å². The normalized spacial score (nSPS) is 16.0. The average molecular weight is 299 g/mol. The predicted molar refractivity (Wildman–Crippen MR) is 83.8 cm³/mol. The van der Waals surface area contributed by atoms with E-state index >= 15 is 0 Å². The number of amidine groups is 1. The number of aromatic nitrogens is 2. The minimum absolute atomic E-state index is 0.230. The van der Waals surface area contributed by atoms with E-state index in [4.69, 9.17) is 4.84 Å². The Labute approximate surface area is 127 Å². The number of hydrogen-bond donors (Lipinski definition) is 2. The van der Waals surface area contributed by atoms with Crippen molar-refractivity contribution < 1.29 is 9.63 Å². The summed E-state index contributed by atoms with van der Waals surface area (Å²) in [5, 5.41) is 10.5. The zero-order valence-corrected chi connectivity index (χ0v) is 12.7. The molecule has 0 fully saturated rings. The molecule has 1 amide bonds. The number of carbonyl (C=O) groups is 1. The van der Waals surface area contributed by atoms with Gasteiger partial charge in [-0.3, -0.25) is 4.79 Å². The fourth-order valence-electron chi connectivity index (χ4n) is 2.31. The molecule has 0 saturated carbocycles. The van der Waals surface area contributed by atoms with Crippen molar-refractivity contribution in [3.63, 3.8) is 0 Å². The van der Waals surface area contributed by atoms with E-state index in [0.29, 0.717) is 23.3 Å². The van der Waals surface area contributed by atoms with Gasteiger partial charge in [-0.25, -0.2) is 9.97 Å². The molecule has 0 radical (unpaired) electrons. The predicted octanol–water partition coefficient (Wildman–Crippen LogP) is 1.91. The maximum Gasteiger partial charge on any atom is 0.256 e. The Morgan fingerprint density at radius 1 is 1.32 bits per heavy atom. The molecule has 1 aromatic heterocycles. The quantitative estimate of drug-likeness (QED) is 0.884. The first-order valence-electron chi connectivity index (χ1n) is 6.97. The number of benzene rings is 1. The van der Waals surface area contributed by atoms with Crippen LogP contribution in [0.25, 0.3) is 10.9 Å². The Morgan fingerprint density at radius 3 is 2.82 bits per heavy atom. The smallest absolute Gasteiger partial charge is 0.256 e. The van der Waals surface area contributed by atoms with E-state index in [-0.39, 0.29) is 11.5 Å². The van der Waals surface area contributed by atoms with Crippen LogP contribution in [0.2, 0.25) is 0 Å². The van der Waals surface area contributed by atoms with Crippen LogP contribution in [0, 0.1) is 0 Å². The number of nitrogens with one attached hydrogen (secondary N) is 2. The van der Waals surface area contributed by atoms with Crippen molar-refractivity contribution in [3.05, 3.63) is 30.1 Å². The molecule has 114 valence electrons. The van der Waals surface area contributed by atoms with Crippen LogP contribution in [0.15, 0.2) is 29.7 Å². The number of nitrogens with zero attached hydrogens (tertiary/aromatic N) is 3. The van der Waals surface area contributed by atoms with Gasteiger partial charge in [0.1, 0.15) is 17.7 Å². The highest BCUT2D eigenvalue weighted by atomic mass is 16.7. The monoisotopic (exact) mass is 299 g/mol. The number of carbonyl (C=O) groups excluding carboxylic acids is 1. The van der Waals surface area contributed by atoms with Gasteiger partial charge in [0, 0.05) is 18.0 Å². The Bertz CT molecular complexity index is 770. The van der Waals surface area contributed by atoms with Crippen LogP contribution < -0.4 is 10.6 Å². The average Bonchev–Trinajstić information content (AvgIpc) is 2.84. The van der Waals surface area contributed by atoms with E-state index in [1.807, 2.05) is 19.9 Å². The van der Waals surface area contributed by atoms with Gasteiger partial charge in [-0.05, 0) is 32.0 Å². The molecule has 0 unspecified atom stereocenters. The second kappa shape index (κ2) is 5.25. The highest BCUT2D eigenvalue weighted by Gasteiger charge is 2.29. The van der Waals surface area contributed by atoms with Crippen LogP contribution in [0.4, 0.5) is 5.82 Å². The molecule has 2 N–H and O–H groups in total. The molecular formula is C15H17N5O2. The fourth-order valence-corrected chi connectivity index (χ4v) is 2.31. The van der Waals surface area contributed by atoms with Gasteiger partial charge in [0.15, 0.2) is 5.84 Å². The first-order valence-corrected chi connectivity index (χ1v) is 6.97. The minimum atomic E-state index is -0.374. The third kappa shape index (κ3) is 2.69. The zero-order valence-electron chi connectivity index (χ0n) is 12.7. The van der Waals surface area contributed by atoms with Crippen molar-refractivity contribution in [1.82, 2.24) is 15.3 Å². The standard InChI is InChI=1S/C15H17N5O2/c1-15(2)7-12(20-22-15)19-14(21)9-4-5-10-11(6-9)17-8-18-13(10)16-3/h4-6,8H,7H2,1-3H3,(H,16,17,18)(H,19,20,21). The Morgan fingerprint density at radius 2 is 2.14 bits per heavy atom. The Balaban J connectivity index is 1.83. The lowest BCUT2D eigenvalue weighted by Crippen LogP contribution is -2.32. The van der Waals surface area contributed by atoms with E-state index in [1.54, 1.807) is 19.2 Å². The lowest BCUT2D eigenvalue weighted by molar-refractivity contribution is 0.0123. The summed E-state index contributed by atoms with van der Waals surface area (Å²) < 4.78 is 0. The van der Waals surface area contributed by atoms with Crippen LogP contribution in [-0.4, -0.2) is 34.4 Å². The van der Waals surface area contributed by atoms with Gasteiger partial charge in [0.2, 0.25) is 0 Å². The summed E-state index contributed by atoms with van der Waals surface area (Å²) in [6, 6.07) is 5.30. The molecule has 3 rings (SSSR count). The third-order valence-electron chi connectivity index (χ3n) is 3.39. The molecular weight excluding hydrogens is 282 g/mol. The molecule has 7 heteroatoms. The van der Waals surface area contributed by atoms with Crippen molar-refractivity contribution >= 4 is 28.5 Å². The van der Waals surface area contributed by atoms with Gasteiger partial charge in [-0.15, -0.1) is 0 Å². The van der Waals surface area contributed by atoms with Crippen molar-refractivity contribution in [2.75, 3.05) is 12.4 Å². The summed E-state index contributed by atoms with van der Waals surface area (Å²) in [5.41, 5.74) is 0.846. The highest BCUT2D eigenvalue weighted by molar-refractivity contribution is 6.08. The first kappa shape index (κ1) is 14.2. The van der Waals surface area contributed by atoms with Crippen LogP contribution in [0.3, 0.4) is 0 Å². The minimum Gasteiger partial charge on any atom is -0.388 e. The molecule has 2 aromatic rings. The van der Waals surface area contributed by atoms with E-state index in [2.05, 4.69) is 25.8 Å². The summed E-state index contributed by atoms with van der Waals surface area (Å²) in [6.07, 6.45) is 2.03. The topological polar surface area (TPSA) is 88.5 Å². The maximum atomic E-state index is 12.3. The molecule has 1 aliphatic heterocycles. The van der Waals surface area contributed by atoms with Crippen molar-refractivity contribution in [2.45, 2.75) is 25.9 Å². The van der Waals surface area contributed by atoms with Gasteiger partial charge in [0.05, 0.1) is 11.9 Å². The molecule has 0 aliphatic carbocycles. The van der Waals surface area contributed by atoms with Gasteiger partial charge in [0.25, 0.3) is 5.91 Å². The molecule has 1 aliphatic rings. The van der Waals surface area contributed by atoms with Crippen molar-refractivity contribution in [1.29, 1.82) is 0 Å². The molecule has 22 heavy (non-hydrogen) atoms. The third-order valence-corrected chi connectivity index (χ3v) is 3.39. The Hall–Kier alpha value is -2.70. The second-order valence-electron chi connectivity index (χ2n) is 5.72. The fraction of sp³-hybridized carbons (Fsp3) is 0.333. The van der Waals surface area contributed by atoms with Crippen molar-refractivity contribution in [2.24, 2.45) is 5.16 Å². The lowest BCUT2D eigenvalue weighted by Gasteiger charge is -2.13. The number of anilines is 1. The number of oxime groups is 1. The summed E-state index contributed by atoms with van der Waals surface area (Å²) in [6.45, 7) is 3.84. The van der Waals surface area contributed by atoms with Crippen molar-refractivity contribution in [3.8, 4) is 0 Å². The van der Waals surface area contributed by atoms with Crippen LogP contribution in [0.5, 0.6) is 0 Å². The maximum absolute atomic E-state index is 12.3. The molecule has 1 aromatic carbocycles. The van der Waals surface area contributed by atoms with E-state index in [1.165, 1.54) is 6.33 Å². The molecule has 0 bridgehead atoms. The number of hydrogen-bond acceptors (Lipinski definition) is 6. The van der Waals surface area contributed by atoms with E-state index in [0.717, 1.165) is 11.2 Å². The van der Waals surface area contributed by atoms with Gasteiger partial charge in [-0.2, -0.15) is 0 Å². The van der Waals surface area contributed by atoms with Gasteiger partial charge >= 0.3 is 0 Å². The van der Waals surface area contributed by atoms with E-state index < -0.39 is 0 Å². The molecule has 0 saturated heterocycles. The van der Waals surface area contributed by atoms with Crippen LogP contribution in [0.1, 0.15) is 30.6 Å². The lowest BCUT2D eigenvalue weighted by atomic mass is 10.1. The SMILES string of the molecule is CNc1ncnc2cc(C(=O)NC3=NOC(C)(C)C3)ccc12. The molecule has 2 heterocycles. The largest absolute Gasteiger partial charge is 0.388 e. The second-order valence-corrected chi connectivity index (χ2v) is 5.72. The van der Waals surface area contributed by atoms with Gasteiger partial charge in [-0.1, -0.05) is 5.16 Å². The molecule has 0 atom stereocenters. The summed E-state index contributed by atoms with van der Waals surface area (Å²) >= 11 is 0. The zero-order chi connectivity index (χ0) is 15.7. The number of amides is 1. The summed E-state index contributed by atoms with van der Waals surface area (Å²) in [4.78, 5) is 25.9. The first-order chi connectivity index (χ1) is 10.5. The highest BCUT2D eigenvalue weighted by Crippen LogP contribution is 2.22. The molecule has 7 nitrogen and oxygen atoms in total. The van der Waals surface area contributed by atoms with Gasteiger partial charge < -0.3 is 15.5 Å². The molecule has 0 spiro atoms.